The minimum atomic E-state index is -0.768. The zero-order valence-corrected chi connectivity index (χ0v) is 14.0. The Labute approximate surface area is 137 Å². The van der Waals surface area contributed by atoms with Crippen LogP contribution in [0.4, 0.5) is 4.39 Å². The molecular formula is C19H26FNO2. The van der Waals surface area contributed by atoms with Crippen LogP contribution in [0.15, 0.2) is 12.1 Å². The molecule has 0 aromatic heterocycles. The van der Waals surface area contributed by atoms with Crippen LogP contribution in [0.5, 0.6) is 5.75 Å². The van der Waals surface area contributed by atoms with Crippen molar-refractivity contribution in [3.05, 3.63) is 29.1 Å². The third-order valence-corrected chi connectivity index (χ3v) is 5.89. The number of amides is 1. The summed E-state index contributed by atoms with van der Waals surface area (Å²) < 4.78 is 14.0. The van der Waals surface area contributed by atoms with Crippen LogP contribution in [0.1, 0.15) is 61.9 Å². The van der Waals surface area contributed by atoms with Crippen LogP contribution in [0.3, 0.4) is 0 Å². The highest BCUT2D eigenvalue weighted by Gasteiger charge is 2.34. The summed E-state index contributed by atoms with van der Waals surface area (Å²) in [7, 11) is 0. The molecule has 1 heterocycles. The fourth-order valence-electron chi connectivity index (χ4n) is 4.14. The Bertz CT molecular complexity index is 593. The average molecular weight is 319 g/mol. The van der Waals surface area contributed by atoms with Gasteiger partial charge in [-0.1, -0.05) is 26.3 Å². The molecule has 3 nitrogen and oxygen atoms in total. The summed E-state index contributed by atoms with van der Waals surface area (Å²) in [6.45, 7) is 5.76. The van der Waals surface area contributed by atoms with E-state index in [-0.39, 0.29) is 11.5 Å². The molecule has 1 fully saturated rings. The zero-order valence-electron chi connectivity index (χ0n) is 14.0. The highest BCUT2D eigenvalue weighted by atomic mass is 19.1. The minimum absolute atomic E-state index is 0.0679. The molecule has 1 saturated carbocycles. The molecule has 4 heteroatoms. The van der Waals surface area contributed by atoms with E-state index in [1.807, 2.05) is 0 Å². The highest BCUT2D eigenvalue weighted by Crippen LogP contribution is 2.37. The van der Waals surface area contributed by atoms with Gasteiger partial charge >= 0.3 is 0 Å². The number of rotatable bonds is 4. The van der Waals surface area contributed by atoms with Crippen molar-refractivity contribution in [2.24, 2.45) is 17.8 Å². The van der Waals surface area contributed by atoms with Gasteiger partial charge in [0, 0.05) is 13.1 Å². The first-order valence-corrected chi connectivity index (χ1v) is 8.80. The predicted molar refractivity (Wildman–Crippen MR) is 87.7 cm³/mol. The smallest absolute Gasteiger partial charge is 0.257 e. The third kappa shape index (κ3) is 3.08. The molecule has 1 unspecified atom stereocenters. The van der Waals surface area contributed by atoms with Gasteiger partial charge in [0.15, 0.2) is 11.6 Å². The van der Waals surface area contributed by atoms with Crippen molar-refractivity contribution >= 4 is 5.91 Å². The van der Waals surface area contributed by atoms with Crippen molar-refractivity contribution in [3.8, 4) is 5.75 Å². The highest BCUT2D eigenvalue weighted by molar-refractivity contribution is 5.99. The van der Waals surface area contributed by atoms with Gasteiger partial charge in [0.25, 0.3) is 5.91 Å². The normalized spacial score (nSPS) is 25.5. The number of halogens is 1. The maximum atomic E-state index is 14.0. The lowest BCUT2D eigenvalue weighted by Gasteiger charge is -2.33. The van der Waals surface area contributed by atoms with Gasteiger partial charge in [-0.25, -0.2) is 4.39 Å². The van der Waals surface area contributed by atoms with Crippen LogP contribution >= 0.6 is 0 Å². The van der Waals surface area contributed by atoms with Gasteiger partial charge in [-0.3, -0.25) is 4.79 Å². The number of benzene rings is 1. The molecule has 1 aromatic carbocycles. The maximum absolute atomic E-state index is 14.0. The van der Waals surface area contributed by atoms with Gasteiger partial charge in [-0.2, -0.15) is 0 Å². The molecule has 1 aliphatic heterocycles. The van der Waals surface area contributed by atoms with Gasteiger partial charge in [0.2, 0.25) is 0 Å². The number of aromatic hydroxyl groups is 1. The molecular weight excluding hydrogens is 293 g/mol. The number of hydrogen-bond donors (Lipinski definition) is 1. The standard InChI is InChI=1S/C19H26FNO2/c1-3-12(2)14-6-4-13(5-7-14)10-21-11-15-8-9-16(22)18(20)17(15)19(21)23/h8-9,12-14,22H,3-7,10-11H2,1-2H3. The number of nitrogens with zero attached hydrogens (tertiary/aromatic N) is 1. The van der Waals surface area contributed by atoms with E-state index in [1.165, 1.54) is 25.3 Å². The number of phenolic OH excluding ortho intramolecular Hbond substituents is 1. The molecule has 1 aromatic rings. The lowest BCUT2D eigenvalue weighted by atomic mass is 9.75. The van der Waals surface area contributed by atoms with Crippen molar-refractivity contribution < 1.29 is 14.3 Å². The zero-order chi connectivity index (χ0) is 16.6. The Balaban J connectivity index is 1.61. The first-order valence-electron chi connectivity index (χ1n) is 8.80. The number of phenols is 1. The molecule has 2 aliphatic rings. The van der Waals surface area contributed by atoms with Gasteiger partial charge in [-0.15, -0.1) is 0 Å². The molecule has 0 radical (unpaired) electrons. The quantitative estimate of drug-likeness (QED) is 0.897. The summed E-state index contributed by atoms with van der Waals surface area (Å²) in [6, 6.07) is 2.99. The van der Waals surface area contributed by atoms with E-state index in [9.17, 15) is 14.3 Å². The molecule has 0 spiro atoms. The van der Waals surface area contributed by atoms with E-state index in [0.717, 1.165) is 24.7 Å². The first-order chi connectivity index (χ1) is 11.0. The Morgan fingerprint density at radius 2 is 2.00 bits per heavy atom. The van der Waals surface area contributed by atoms with E-state index in [2.05, 4.69) is 13.8 Å². The Morgan fingerprint density at radius 3 is 2.65 bits per heavy atom. The van der Waals surface area contributed by atoms with Gasteiger partial charge < -0.3 is 10.0 Å². The molecule has 1 N–H and O–H groups in total. The van der Waals surface area contributed by atoms with E-state index >= 15 is 0 Å². The molecule has 23 heavy (non-hydrogen) atoms. The largest absolute Gasteiger partial charge is 0.505 e. The fourth-order valence-corrected chi connectivity index (χ4v) is 4.14. The van der Waals surface area contributed by atoms with Gasteiger partial charge in [0.1, 0.15) is 0 Å². The summed E-state index contributed by atoms with van der Waals surface area (Å²) >= 11 is 0. The number of fused-ring (bicyclic) bond motifs is 1. The Kier molecular flexibility index (Phi) is 4.60. The molecule has 1 atom stereocenters. The molecule has 1 amide bonds. The van der Waals surface area contributed by atoms with Crippen LogP contribution in [0.2, 0.25) is 0 Å². The topological polar surface area (TPSA) is 40.5 Å². The summed E-state index contributed by atoms with van der Waals surface area (Å²) in [6.07, 6.45) is 6.03. The number of carbonyl (C=O) groups is 1. The SMILES string of the molecule is CCC(C)C1CCC(CN2Cc3ccc(O)c(F)c3C2=O)CC1. The third-order valence-electron chi connectivity index (χ3n) is 5.89. The van der Waals surface area contributed by atoms with Gasteiger partial charge in [-0.05, 0) is 55.1 Å². The maximum Gasteiger partial charge on any atom is 0.257 e. The van der Waals surface area contributed by atoms with E-state index < -0.39 is 11.6 Å². The monoisotopic (exact) mass is 319 g/mol. The van der Waals surface area contributed by atoms with Crippen molar-refractivity contribution in [2.45, 2.75) is 52.5 Å². The molecule has 0 saturated heterocycles. The fraction of sp³-hybridized carbons (Fsp3) is 0.632. The predicted octanol–water partition coefficient (Wildman–Crippen LogP) is 4.34. The molecule has 126 valence electrons. The van der Waals surface area contributed by atoms with Crippen molar-refractivity contribution in [1.29, 1.82) is 0 Å². The van der Waals surface area contributed by atoms with Crippen LogP contribution in [-0.4, -0.2) is 22.5 Å². The number of carbonyl (C=O) groups excluding carboxylic acids is 1. The van der Waals surface area contributed by atoms with Crippen molar-refractivity contribution in [1.82, 2.24) is 4.90 Å². The van der Waals surface area contributed by atoms with Crippen molar-refractivity contribution in [2.75, 3.05) is 6.54 Å². The summed E-state index contributed by atoms with van der Waals surface area (Å²) in [5, 5.41) is 9.47. The average Bonchev–Trinajstić information content (AvgIpc) is 2.88. The van der Waals surface area contributed by atoms with Crippen molar-refractivity contribution in [3.63, 3.8) is 0 Å². The summed E-state index contributed by atoms with van der Waals surface area (Å²) in [4.78, 5) is 14.2. The van der Waals surface area contributed by atoms with Crippen LogP contribution in [0.25, 0.3) is 0 Å². The molecule has 0 bridgehead atoms. The van der Waals surface area contributed by atoms with E-state index in [4.69, 9.17) is 0 Å². The lowest BCUT2D eigenvalue weighted by molar-refractivity contribution is 0.0718. The minimum Gasteiger partial charge on any atom is -0.505 e. The van der Waals surface area contributed by atoms with Crippen LogP contribution in [0, 0.1) is 23.6 Å². The van der Waals surface area contributed by atoms with E-state index in [1.54, 1.807) is 11.0 Å². The summed E-state index contributed by atoms with van der Waals surface area (Å²) in [5.41, 5.74) is 0.761. The first kappa shape index (κ1) is 16.3. The second-order valence-electron chi connectivity index (χ2n) is 7.28. The molecule has 1 aliphatic carbocycles. The second kappa shape index (κ2) is 6.50. The summed E-state index contributed by atoms with van der Waals surface area (Å²) in [5.74, 6) is 0.647. The number of hydrogen-bond acceptors (Lipinski definition) is 2. The lowest BCUT2D eigenvalue weighted by Crippen LogP contribution is -2.32. The Morgan fingerprint density at radius 1 is 1.30 bits per heavy atom. The Hall–Kier alpha value is -1.58. The molecule has 3 rings (SSSR count). The van der Waals surface area contributed by atoms with E-state index in [0.29, 0.717) is 24.6 Å². The second-order valence-corrected chi connectivity index (χ2v) is 7.28. The van der Waals surface area contributed by atoms with Crippen LogP contribution < -0.4 is 0 Å². The van der Waals surface area contributed by atoms with Crippen LogP contribution in [-0.2, 0) is 6.54 Å². The van der Waals surface area contributed by atoms with Gasteiger partial charge in [0.05, 0.1) is 5.56 Å².